The predicted molar refractivity (Wildman–Crippen MR) is 74.5 cm³/mol. The Morgan fingerprint density at radius 1 is 1.37 bits per heavy atom. The highest BCUT2D eigenvalue weighted by molar-refractivity contribution is 6.31. The summed E-state index contributed by atoms with van der Waals surface area (Å²) >= 11 is 5.89. The number of aryl methyl sites for hydroxylation is 2. The van der Waals surface area contributed by atoms with E-state index in [0.29, 0.717) is 22.3 Å². The summed E-state index contributed by atoms with van der Waals surface area (Å²) in [7, 11) is 0. The molecule has 0 radical (unpaired) electrons. The van der Waals surface area contributed by atoms with E-state index in [1.807, 2.05) is 13.0 Å². The lowest BCUT2D eigenvalue weighted by Crippen LogP contribution is -2.22. The Labute approximate surface area is 115 Å². The summed E-state index contributed by atoms with van der Waals surface area (Å²) in [5.74, 6) is 1.05. The Balaban J connectivity index is 1.92. The van der Waals surface area contributed by atoms with Gasteiger partial charge in [-0.15, -0.1) is 0 Å². The van der Waals surface area contributed by atoms with Crippen LogP contribution in [0.4, 0.5) is 11.5 Å². The van der Waals surface area contributed by atoms with E-state index < -0.39 is 0 Å². The van der Waals surface area contributed by atoms with Gasteiger partial charge < -0.3 is 15.2 Å². The Hall–Kier alpha value is -2.01. The van der Waals surface area contributed by atoms with Gasteiger partial charge >= 0.3 is 0 Å². The van der Waals surface area contributed by atoms with Crippen LogP contribution in [0.2, 0.25) is 5.02 Å². The number of nitrogens with zero attached hydrogens (tertiary/aromatic N) is 1. The summed E-state index contributed by atoms with van der Waals surface area (Å²) in [4.78, 5) is 11.8. The number of rotatable bonds is 4. The quantitative estimate of drug-likeness (QED) is 0.903. The normalized spacial score (nSPS) is 10.3. The van der Waals surface area contributed by atoms with Gasteiger partial charge in [-0.25, -0.2) is 0 Å². The molecule has 0 unspecified atom stereocenters. The number of hydrogen-bond acceptors (Lipinski definition) is 4. The van der Waals surface area contributed by atoms with Crippen molar-refractivity contribution in [3.8, 4) is 0 Å². The molecule has 0 fully saturated rings. The predicted octanol–water partition coefficient (Wildman–Crippen LogP) is 3.00. The van der Waals surface area contributed by atoms with Gasteiger partial charge in [0.25, 0.3) is 0 Å². The number of nitrogens with one attached hydrogen (secondary N) is 2. The van der Waals surface area contributed by atoms with Crippen LogP contribution in [0.1, 0.15) is 11.3 Å². The molecule has 2 aromatic rings. The first-order chi connectivity index (χ1) is 9.04. The second-order valence-corrected chi connectivity index (χ2v) is 4.62. The highest BCUT2D eigenvalue weighted by Gasteiger charge is 2.06. The molecule has 1 heterocycles. The van der Waals surface area contributed by atoms with Crippen molar-refractivity contribution in [2.24, 2.45) is 0 Å². The maximum Gasteiger partial charge on any atom is 0.243 e. The maximum absolute atomic E-state index is 11.8. The van der Waals surface area contributed by atoms with Crippen molar-refractivity contribution in [2.45, 2.75) is 13.8 Å². The Bertz CT molecular complexity index is 595. The van der Waals surface area contributed by atoms with E-state index in [1.54, 1.807) is 25.1 Å². The van der Waals surface area contributed by atoms with Crippen molar-refractivity contribution in [1.29, 1.82) is 0 Å². The van der Waals surface area contributed by atoms with Gasteiger partial charge in [-0.05, 0) is 31.5 Å². The minimum Gasteiger partial charge on any atom is -0.360 e. The smallest absolute Gasteiger partial charge is 0.243 e. The number of benzene rings is 1. The minimum atomic E-state index is -0.175. The Morgan fingerprint density at radius 3 is 2.84 bits per heavy atom. The molecular formula is C13H14ClN3O2. The average molecular weight is 280 g/mol. The number of amides is 1. The molecule has 2 rings (SSSR count). The van der Waals surface area contributed by atoms with Crippen LogP contribution in [0.15, 0.2) is 28.8 Å². The van der Waals surface area contributed by atoms with E-state index >= 15 is 0 Å². The van der Waals surface area contributed by atoms with Crippen molar-refractivity contribution < 1.29 is 9.32 Å². The van der Waals surface area contributed by atoms with Crippen LogP contribution in [0.25, 0.3) is 0 Å². The highest BCUT2D eigenvalue weighted by Crippen LogP contribution is 2.20. The van der Waals surface area contributed by atoms with E-state index in [9.17, 15) is 4.79 Å². The van der Waals surface area contributed by atoms with Crippen molar-refractivity contribution in [3.63, 3.8) is 0 Å². The lowest BCUT2D eigenvalue weighted by molar-refractivity contribution is -0.114. The summed E-state index contributed by atoms with van der Waals surface area (Å²) < 4.78 is 4.89. The summed E-state index contributed by atoms with van der Waals surface area (Å²) in [5.41, 5.74) is 1.66. The maximum atomic E-state index is 11.8. The molecule has 100 valence electrons. The second kappa shape index (κ2) is 5.75. The first-order valence-electron chi connectivity index (χ1n) is 5.78. The lowest BCUT2D eigenvalue weighted by Gasteiger charge is -2.09. The Kier molecular flexibility index (Phi) is 4.06. The summed E-state index contributed by atoms with van der Waals surface area (Å²) in [6.45, 7) is 3.80. The molecule has 1 aromatic heterocycles. The summed E-state index contributed by atoms with van der Waals surface area (Å²) in [5, 5.41) is 9.98. The zero-order valence-corrected chi connectivity index (χ0v) is 11.4. The van der Waals surface area contributed by atoms with Gasteiger partial charge in [-0.1, -0.05) is 22.8 Å². The van der Waals surface area contributed by atoms with Crippen LogP contribution >= 0.6 is 11.6 Å². The molecule has 1 amide bonds. The molecule has 1 aromatic carbocycles. The van der Waals surface area contributed by atoms with Crippen LogP contribution in [0, 0.1) is 13.8 Å². The van der Waals surface area contributed by atoms with Crippen LogP contribution in [0.5, 0.6) is 0 Å². The number of halogens is 1. The molecule has 0 atom stereocenters. The molecule has 2 N–H and O–H groups in total. The number of aromatic nitrogens is 1. The van der Waals surface area contributed by atoms with Crippen molar-refractivity contribution in [2.75, 3.05) is 17.2 Å². The van der Waals surface area contributed by atoms with E-state index in [4.69, 9.17) is 16.1 Å². The van der Waals surface area contributed by atoms with Gasteiger partial charge in [0.15, 0.2) is 5.82 Å². The van der Waals surface area contributed by atoms with Crippen molar-refractivity contribution in [3.05, 3.63) is 40.6 Å². The fourth-order valence-electron chi connectivity index (χ4n) is 1.54. The van der Waals surface area contributed by atoms with Crippen LogP contribution < -0.4 is 10.6 Å². The zero-order chi connectivity index (χ0) is 13.8. The molecule has 0 spiro atoms. The van der Waals surface area contributed by atoms with Crippen LogP contribution in [0.3, 0.4) is 0 Å². The third kappa shape index (κ3) is 3.72. The van der Waals surface area contributed by atoms with Gasteiger partial charge in [0.05, 0.1) is 6.54 Å². The first kappa shape index (κ1) is 13.4. The number of anilines is 2. The first-order valence-corrected chi connectivity index (χ1v) is 6.15. The topological polar surface area (TPSA) is 67.2 Å². The fourth-order valence-corrected chi connectivity index (χ4v) is 1.72. The standard InChI is InChI=1S/C13H14ClN3O2/c1-8-3-4-10(14)6-11(8)16-13(18)7-15-12-5-9(2)19-17-12/h3-6H,7H2,1-2H3,(H,15,17)(H,16,18). The zero-order valence-electron chi connectivity index (χ0n) is 10.7. The van der Waals surface area contributed by atoms with Crippen molar-refractivity contribution in [1.82, 2.24) is 5.16 Å². The van der Waals surface area contributed by atoms with Gasteiger partial charge in [0.1, 0.15) is 5.76 Å². The Morgan fingerprint density at radius 2 is 2.16 bits per heavy atom. The van der Waals surface area contributed by atoms with E-state index in [2.05, 4.69) is 15.8 Å². The molecule has 0 aliphatic carbocycles. The molecule has 0 saturated heterocycles. The van der Waals surface area contributed by atoms with E-state index in [0.717, 1.165) is 5.56 Å². The number of carbonyl (C=O) groups is 1. The van der Waals surface area contributed by atoms with Crippen molar-refractivity contribution >= 4 is 29.0 Å². The molecule has 0 saturated carbocycles. The highest BCUT2D eigenvalue weighted by atomic mass is 35.5. The van der Waals surface area contributed by atoms with E-state index in [-0.39, 0.29) is 12.5 Å². The van der Waals surface area contributed by atoms with Crippen LogP contribution in [-0.4, -0.2) is 17.6 Å². The van der Waals surface area contributed by atoms with Gasteiger partial charge in [0.2, 0.25) is 5.91 Å². The number of hydrogen-bond donors (Lipinski definition) is 2. The van der Waals surface area contributed by atoms with Gasteiger partial charge in [-0.3, -0.25) is 4.79 Å². The van der Waals surface area contributed by atoms with Crippen LogP contribution in [-0.2, 0) is 4.79 Å². The third-order valence-corrected chi connectivity index (χ3v) is 2.77. The van der Waals surface area contributed by atoms with Gasteiger partial charge in [0, 0.05) is 16.8 Å². The molecule has 0 bridgehead atoms. The molecule has 6 heteroatoms. The summed E-state index contributed by atoms with van der Waals surface area (Å²) in [6.07, 6.45) is 0. The minimum absolute atomic E-state index is 0.109. The third-order valence-electron chi connectivity index (χ3n) is 2.53. The average Bonchev–Trinajstić information content (AvgIpc) is 2.77. The number of carbonyl (C=O) groups excluding carboxylic acids is 1. The molecule has 0 aliphatic heterocycles. The lowest BCUT2D eigenvalue weighted by atomic mass is 10.2. The molecule has 0 aliphatic rings. The molecule has 19 heavy (non-hydrogen) atoms. The molecule has 5 nitrogen and oxygen atoms in total. The summed E-state index contributed by atoms with van der Waals surface area (Å²) in [6, 6.07) is 7.07. The largest absolute Gasteiger partial charge is 0.360 e. The second-order valence-electron chi connectivity index (χ2n) is 4.18. The molecular weight excluding hydrogens is 266 g/mol. The van der Waals surface area contributed by atoms with Gasteiger partial charge in [-0.2, -0.15) is 0 Å². The monoisotopic (exact) mass is 279 g/mol. The SMILES string of the molecule is Cc1cc(NCC(=O)Nc2cc(Cl)ccc2C)no1. The van der Waals surface area contributed by atoms with E-state index in [1.165, 1.54) is 0 Å². The fraction of sp³-hybridized carbons (Fsp3) is 0.231.